The zero-order valence-corrected chi connectivity index (χ0v) is 12.4. The Balaban J connectivity index is 2.03. The summed E-state index contributed by atoms with van der Waals surface area (Å²) in [6.45, 7) is 1.33. The molecule has 124 valence electrons. The number of esters is 1. The number of halogens is 1. The van der Waals surface area contributed by atoms with Gasteiger partial charge in [0.15, 0.2) is 6.10 Å². The standard InChI is InChI=1S/C15H12FN3O5/c1-9(24-15(21)12-4-2-3-7-17-12)14(20)18-10-5-6-11(16)13(8-10)19(22)23/h2-9H,1H3,(H,18,20)/t9-/m1/s1. The number of aromatic nitrogens is 1. The van der Waals surface area contributed by atoms with Crippen molar-refractivity contribution in [2.45, 2.75) is 13.0 Å². The summed E-state index contributed by atoms with van der Waals surface area (Å²) in [6, 6.07) is 7.53. The Hall–Kier alpha value is -3.36. The third kappa shape index (κ3) is 4.09. The number of amides is 1. The van der Waals surface area contributed by atoms with E-state index in [1.807, 2.05) is 0 Å². The van der Waals surface area contributed by atoms with Gasteiger partial charge in [-0.05, 0) is 31.2 Å². The van der Waals surface area contributed by atoms with Crippen molar-refractivity contribution in [1.29, 1.82) is 0 Å². The molecule has 0 aliphatic rings. The number of ether oxygens (including phenoxy) is 1. The summed E-state index contributed by atoms with van der Waals surface area (Å²) in [5.41, 5.74) is -0.727. The number of carbonyl (C=O) groups is 2. The van der Waals surface area contributed by atoms with Crippen LogP contribution in [0.3, 0.4) is 0 Å². The van der Waals surface area contributed by atoms with Crippen molar-refractivity contribution < 1.29 is 23.6 Å². The van der Waals surface area contributed by atoms with Crippen LogP contribution in [0.1, 0.15) is 17.4 Å². The average molecular weight is 333 g/mol. The summed E-state index contributed by atoms with van der Waals surface area (Å²) in [4.78, 5) is 37.3. The van der Waals surface area contributed by atoms with Gasteiger partial charge in [-0.1, -0.05) is 6.07 Å². The van der Waals surface area contributed by atoms with E-state index in [2.05, 4.69) is 10.3 Å². The van der Waals surface area contributed by atoms with Crippen LogP contribution in [-0.2, 0) is 9.53 Å². The highest BCUT2D eigenvalue weighted by molar-refractivity contribution is 5.97. The molecule has 1 N–H and O–H groups in total. The maximum Gasteiger partial charge on any atom is 0.357 e. The first-order chi connectivity index (χ1) is 11.4. The second-order valence-corrected chi connectivity index (χ2v) is 4.68. The van der Waals surface area contributed by atoms with Gasteiger partial charge in [0.05, 0.1) is 4.92 Å². The molecule has 0 spiro atoms. The number of nitro benzene ring substituents is 1. The molecule has 0 saturated heterocycles. The lowest BCUT2D eigenvalue weighted by atomic mass is 10.2. The number of hydrogen-bond donors (Lipinski definition) is 1. The van der Waals surface area contributed by atoms with E-state index in [0.29, 0.717) is 0 Å². The Labute approximate surface area is 135 Å². The largest absolute Gasteiger partial charge is 0.448 e. The fourth-order valence-corrected chi connectivity index (χ4v) is 1.73. The van der Waals surface area contributed by atoms with E-state index in [1.165, 1.54) is 19.2 Å². The van der Waals surface area contributed by atoms with Gasteiger partial charge in [-0.3, -0.25) is 14.9 Å². The van der Waals surface area contributed by atoms with E-state index in [-0.39, 0.29) is 11.4 Å². The molecule has 0 fully saturated rings. The molecule has 8 nitrogen and oxygen atoms in total. The number of benzene rings is 1. The molecule has 9 heteroatoms. The topological polar surface area (TPSA) is 111 Å². The van der Waals surface area contributed by atoms with Crippen LogP contribution >= 0.6 is 0 Å². The Morgan fingerprint density at radius 2 is 2.08 bits per heavy atom. The molecule has 1 aromatic heterocycles. The zero-order valence-electron chi connectivity index (χ0n) is 12.4. The summed E-state index contributed by atoms with van der Waals surface area (Å²) in [6.07, 6.45) is 0.225. The van der Waals surface area contributed by atoms with Crippen LogP contribution < -0.4 is 5.32 Å². The quantitative estimate of drug-likeness (QED) is 0.510. The molecule has 1 amide bonds. The van der Waals surface area contributed by atoms with Gasteiger partial charge < -0.3 is 10.1 Å². The first-order valence-electron chi connectivity index (χ1n) is 6.75. The highest BCUT2D eigenvalue weighted by atomic mass is 19.1. The SMILES string of the molecule is C[C@@H](OC(=O)c1ccccn1)C(=O)Nc1ccc(F)c([N+](=O)[O-])c1. The number of nitrogens with zero attached hydrogens (tertiary/aromatic N) is 2. The minimum Gasteiger partial charge on any atom is -0.448 e. The Kier molecular flexibility index (Phi) is 5.15. The third-order valence-electron chi connectivity index (χ3n) is 2.94. The molecule has 2 aromatic rings. The molecule has 1 aromatic carbocycles. The highest BCUT2D eigenvalue weighted by Crippen LogP contribution is 2.21. The summed E-state index contributed by atoms with van der Waals surface area (Å²) >= 11 is 0. The summed E-state index contributed by atoms with van der Waals surface area (Å²) in [5, 5.41) is 13.0. The van der Waals surface area contributed by atoms with Gasteiger partial charge in [0.1, 0.15) is 5.69 Å². The predicted molar refractivity (Wildman–Crippen MR) is 80.8 cm³/mol. The summed E-state index contributed by atoms with van der Waals surface area (Å²) in [5.74, 6) is -2.53. The Morgan fingerprint density at radius 1 is 1.33 bits per heavy atom. The van der Waals surface area contributed by atoms with Crippen LogP contribution in [0.4, 0.5) is 15.8 Å². The van der Waals surface area contributed by atoms with Crippen molar-refractivity contribution in [2.75, 3.05) is 5.32 Å². The minimum absolute atomic E-state index is 0.00818. The van der Waals surface area contributed by atoms with Crippen LogP contribution in [0.2, 0.25) is 0 Å². The molecular formula is C15H12FN3O5. The van der Waals surface area contributed by atoms with E-state index in [9.17, 15) is 24.1 Å². The van der Waals surface area contributed by atoms with Gasteiger partial charge in [-0.15, -0.1) is 0 Å². The maximum atomic E-state index is 13.2. The molecule has 24 heavy (non-hydrogen) atoms. The van der Waals surface area contributed by atoms with Crippen LogP contribution in [0.25, 0.3) is 0 Å². The van der Waals surface area contributed by atoms with Crippen molar-refractivity contribution in [3.05, 3.63) is 64.2 Å². The fourth-order valence-electron chi connectivity index (χ4n) is 1.73. The smallest absolute Gasteiger partial charge is 0.357 e. The summed E-state index contributed by atoms with van der Waals surface area (Å²) in [7, 11) is 0. The average Bonchev–Trinajstić information content (AvgIpc) is 2.57. The van der Waals surface area contributed by atoms with Crippen molar-refractivity contribution in [1.82, 2.24) is 4.98 Å². The first kappa shape index (κ1) is 17.0. The molecule has 0 unspecified atom stereocenters. The van der Waals surface area contributed by atoms with E-state index in [1.54, 1.807) is 12.1 Å². The summed E-state index contributed by atoms with van der Waals surface area (Å²) < 4.78 is 18.2. The number of anilines is 1. The van der Waals surface area contributed by atoms with Gasteiger partial charge in [-0.2, -0.15) is 4.39 Å². The maximum absolute atomic E-state index is 13.2. The van der Waals surface area contributed by atoms with Crippen molar-refractivity contribution in [3.63, 3.8) is 0 Å². The van der Waals surface area contributed by atoms with Crippen molar-refractivity contribution >= 4 is 23.3 Å². The molecule has 0 aliphatic heterocycles. The monoisotopic (exact) mass is 333 g/mol. The van der Waals surface area contributed by atoms with Crippen molar-refractivity contribution in [2.24, 2.45) is 0 Å². The number of nitro groups is 1. The Bertz CT molecular complexity index is 782. The number of rotatable bonds is 5. The predicted octanol–water partition coefficient (Wildman–Crippen LogP) is 2.31. The van der Waals surface area contributed by atoms with Gasteiger partial charge in [0, 0.05) is 18.0 Å². The van der Waals surface area contributed by atoms with Gasteiger partial charge in [0.25, 0.3) is 5.91 Å². The van der Waals surface area contributed by atoms with Gasteiger partial charge in [0.2, 0.25) is 5.82 Å². The lowest BCUT2D eigenvalue weighted by molar-refractivity contribution is -0.387. The second kappa shape index (κ2) is 7.27. The van der Waals surface area contributed by atoms with Gasteiger partial charge >= 0.3 is 11.7 Å². The van der Waals surface area contributed by atoms with Crippen LogP contribution in [-0.4, -0.2) is 27.9 Å². The first-order valence-corrected chi connectivity index (χ1v) is 6.75. The van der Waals surface area contributed by atoms with Crippen LogP contribution in [0.15, 0.2) is 42.6 Å². The molecule has 0 saturated carbocycles. The number of pyridine rings is 1. The van der Waals surface area contributed by atoms with Gasteiger partial charge in [-0.25, -0.2) is 9.78 Å². The number of carbonyl (C=O) groups excluding carboxylic acids is 2. The highest BCUT2D eigenvalue weighted by Gasteiger charge is 2.21. The molecule has 1 heterocycles. The van der Waals surface area contributed by atoms with Crippen LogP contribution in [0.5, 0.6) is 0 Å². The van der Waals surface area contributed by atoms with E-state index in [4.69, 9.17) is 4.74 Å². The van der Waals surface area contributed by atoms with E-state index >= 15 is 0 Å². The molecule has 0 aliphatic carbocycles. The minimum atomic E-state index is -1.18. The lowest BCUT2D eigenvalue weighted by Crippen LogP contribution is -2.30. The van der Waals surface area contributed by atoms with E-state index < -0.39 is 34.4 Å². The number of hydrogen-bond acceptors (Lipinski definition) is 6. The third-order valence-corrected chi connectivity index (χ3v) is 2.94. The second-order valence-electron chi connectivity index (χ2n) is 4.68. The fraction of sp³-hybridized carbons (Fsp3) is 0.133. The molecule has 2 rings (SSSR count). The molecular weight excluding hydrogens is 321 g/mol. The number of nitrogens with one attached hydrogen (secondary N) is 1. The molecule has 1 atom stereocenters. The van der Waals surface area contributed by atoms with Crippen LogP contribution in [0, 0.1) is 15.9 Å². The van der Waals surface area contributed by atoms with E-state index in [0.717, 1.165) is 18.2 Å². The normalized spacial score (nSPS) is 11.4. The molecule has 0 radical (unpaired) electrons. The van der Waals surface area contributed by atoms with Crippen molar-refractivity contribution in [3.8, 4) is 0 Å². The Morgan fingerprint density at radius 3 is 2.71 bits per heavy atom. The zero-order chi connectivity index (χ0) is 17.7. The molecule has 0 bridgehead atoms. The lowest BCUT2D eigenvalue weighted by Gasteiger charge is -2.13.